The molecule has 1 aromatic heterocycles. The number of benzene rings is 1. The van der Waals surface area contributed by atoms with E-state index in [0.29, 0.717) is 18.5 Å². The van der Waals surface area contributed by atoms with Crippen molar-refractivity contribution < 1.29 is 9.53 Å². The van der Waals surface area contributed by atoms with Gasteiger partial charge in [-0.3, -0.25) is 0 Å². The van der Waals surface area contributed by atoms with Crippen LogP contribution in [0, 0.1) is 0 Å². The Morgan fingerprint density at radius 2 is 2.10 bits per heavy atom. The van der Waals surface area contributed by atoms with E-state index in [1.54, 1.807) is 6.20 Å². The summed E-state index contributed by atoms with van der Waals surface area (Å²) in [6.07, 6.45) is 6.21. The van der Waals surface area contributed by atoms with Gasteiger partial charge >= 0.3 is 5.97 Å². The molecule has 0 aliphatic rings. The molecule has 2 aromatic rings. The first-order valence-corrected chi connectivity index (χ1v) is 6.60. The summed E-state index contributed by atoms with van der Waals surface area (Å²) < 4.78 is 6.76. The van der Waals surface area contributed by atoms with Crippen molar-refractivity contribution in [3.8, 4) is 11.4 Å². The summed E-state index contributed by atoms with van der Waals surface area (Å²) >= 11 is 0. The molecule has 0 N–H and O–H groups in total. The molecule has 0 radical (unpaired) electrons. The lowest BCUT2D eigenvalue weighted by Gasteiger charge is -2.07. The van der Waals surface area contributed by atoms with Crippen molar-refractivity contribution in [2.24, 2.45) is 0 Å². The number of carbonyl (C=O) groups is 1. The summed E-state index contributed by atoms with van der Waals surface area (Å²) in [7, 11) is 1.40. The number of allylic oxidation sites excluding steroid dienone is 1. The smallest absolute Gasteiger partial charge is 0.333 e. The Kier molecular flexibility index (Phi) is 4.71. The summed E-state index contributed by atoms with van der Waals surface area (Å²) in [5, 5.41) is 0. The largest absolute Gasteiger partial charge is 0.466 e. The van der Waals surface area contributed by atoms with Gasteiger partial charge in [-0.15, -0.1) is 0 Å². The molecule has 0 spiro atoms. The number of aromatic nitrogens is 2. The van der Waals surface area contributed by atoms with Gasteiger partial charge in [-0.1, -0.05) is 43.3 Å². The number of hydrogen-bond acceptors (Lipinski definition) is 3. The van der Waals surface area contributed by atoms with Gasteiger partial charge in [-0.05, 0) is 6.42 Å². The minimum Gasteiger partial charge on any atom is -0.466 e. The number of rotatable bonds is 5. The maximum Gasteiger partial charge on any atom is 0.333 e. The van der Waals surface area contributed by atoms with Crippen molar-refractivity contribution in [1.82, 2.24) is 9.55 Å². The lowest BCUT2D eigenvalue weighted by molar-refractivity contribution is -0.136. The van der Waals surface area contributed by atoms with E-state index in [1.807, 2.05) is 54.1 Å². The first-order valence-electron chi connectivity index (χ1n) is 6.60. The molecule has 0 unspecified atom stereocenters. The van der Waals surface area contributed by atoms with Crippen LogP contribution in [0.15, 0.2) is 54.4 Å². The third-order valence-electron chi connectivity index (χ3n) is 3.11. The van der Waals surface area contributed by atoms with Crippen molar-refractivity contribution in [2.45, 2.75) is 19.9 Å². The van der Waals surface area contributed by atoms with Crippen molar-refractivity contribution in [3.63, 3.8) is 0 Å². The normalized spacial score (nSPS) is 11.4. The molecule has 0 saturated carbocycles. The van der Waals surface area contributed by atoms with Gasteiger partial charge in [-0.2, -0.15) is 0 Å². The molecule has 0 amide bonds. The molecule has 0 aliphatic heterocycles. The highest BCUT2D eigenvalue weighted by atomic mass is 16.5. The van der Waals surface area contributed by atoms with Crippen LogP contribution in [0.25, 0.3) is 11.4 Å². The van der Waals surface area contributed by atoms with Crippen LogP contribution in [0.3, 0.4) is 0 Å². The fraction of sp³-hybridized carbons (Fsp3) is 0.250. The van der Waals surface area contributed by atoms with E-state index in [9.17, 15) is 4.79 Å². The van der Waals surface area contributed by atoms with Gasteiger partial charge in [0.15, 0.2) is 0 Å². The van der Waals surface area contributed by atoms with Crippen LogP contribution in [0.2, 0.25) is 0 Å². The van der Waals surface area contributed by atoms with E-state index in [0.717, 1.165) is 11.4 Å². The van der Waals surface area contributed by atoms with Gasteiger partial charge < -0.3 is 9.30 Å². The molecular formula is C16H18N2O2. The van der Waals surface area contributed by atoms with Gasteiger partial charge in [0.25, 0.3) is 0 Å². The Bertz CT molecular complexity index is 600. The highest BCUT2D eigenvalue weighted by Crippen LogP contribution is 2.17. The second-order valence-electron chi connectivity index (χ2n) is 4.34. The lowest BCUT2D eigenvalue weighted by Crippen LogP contribution is -2.06. The molecule has 0 fully saturated rings. The van der Waals surface area contributed by atoms with Gasteiger partial charge in [0.05, 0.1) is 7.11 Å². The fourth-order valence-corrected chi connectivity index (χ4v) is 2.02. The van der Waals surface area contributed by atoms with Crippen LogP contribution in [0.1, 0.15) is 13.3 Å². The lowest BCUT2D eigenvalue weighted by atomic mass is 10.2. The third-order valence-corrected chi connectivity index (χ3v) is 3.11. The summed E-state index contributed by atoms with van der Waals surface area (Å²) in [6.45, 7) is 2.54. The Morgan fingerprint density at radius 3 is 2.75 bits per heavy atom. The van der Waals surface area contributed by atoms with Crippen molar-refractivity contribution in [2.75, 3.05) is 7.11 Å². The second kappa shape index (κ2) is 6.70. The molecule has 20 heavy (non-hydrogen) atoms. The number of esters is 1. The van der Waals surface area contributed by atoms with E-state index in [4.69, 9.17) is 4.74 Å². The van der Waals surface area contributed by atoms with E-state index in [2.05, 4.69) is 4.98 Å². The highest BCUT2D eigenvalue weighted by molar-refractivity contribution is 5.88. The van der Waals surface area contributed by atoms with E-state index in [-0.39, 0.29) is 5.97 Å². The van der Waals surface area contributed by atoms with Crippen molar-refractivity contribution in [3.05, 3.63) is 54.4 Å². The van der Waals surface area contributed by atoms with E-state index < -0.39 is 0 Å². The number of nitrogens with zero attached hydrogens (tertiary/aromatic N) is 2. The average Bonchev–Trinajstić information content (AvgIpc) is 2.97. The molecule has 1 heterocycles. The van der Waals surface area contributed by atoms with Crippen LogP contribution in [-0.4, -0.2) is 22.6 Å². The summed E-state index contributed by atoms with van der Waals surface area (Å²) in [4.78, 5) is 15.9. The topological polar surface area (TPSA) is 44.1 Å². The zero-order valence-corrected chi connectivity index (χ0v) is 11.7. The van der Waals surface area contributed by atoms with Gasteiger partial charge in [-0.25, -0.2) is 9.78 Å². The zero-order chi connectivity index (χ0) is 14.4. The van der Waals surface area contributed by atoms with E-state index in [1.165, 1.54) is 7.11 Å². The van der Waals surface area contributed by atoms with Crippen LogP contribution in [0.5, 0.6) is 0 Å². The zero-order valence-electron chi connectivity index (χ0n) is 11.7. The Balaban J connectivity index is 2.22. The number of hydrogen-bond donors (Lipinski definition) is 0. The number of imidazole rings is 1. The summed E-state index contributed by atoms with van der Waals surface area (Å²) in [6, 6.07) is 9.97. The molecule has 1 aromatic carbocycles. The molecule has 4 nitrogen and oxygen atoms in total. The van der Waals surface area contributed by atoms with Crippen LogP contribution >= 0.6 is 0 Å². The predicted molar refractivity (Wildman–Crippen MR) is 78.1 cm³/mol. The average molecular weight is 270 g/mol. The maximum absolute atomic E-state index is 11.5. The molecule has 104 valence electrons. The monoisotopic (exact) mass is 270 g/mol. The Morgan fingerprint density at radius 1 is 1.35 bits per heavy atom. The molecule has 4 heteroatoms. The Hall–Kier alpha value is -2.36. The summed E-state index contributed by atoms with van der Waals surface area (Å²) in [5.41, 5.74) is 1.74. The minimum absolute atomic E-state index is 0.270. The number of methoxy groups -OCH3 is 1. The molecular weight excluding hydrogens is 252 g/mol. The van der Waals surface area contributed by atoms with Gasteiger partial charge in [0, 0.05) is 30.1 Å². The second-order valence-corrected chi connectivity index (χ2v) is 4.34. The number of carbonyl (C=O) groups excluding carboxylic acids is 1. The predicted octanol–water partition coefficient (Wildman–Crippen LogP) is 3.06. The maximum atomic E-state index is 11.5. The fourth-order valence-electron chi connectivity index (χ4n) is 2.02. The molecule has 0 atom stereocenters. The first-order chi connectivity index (χ1) is 9.76. The van der Waals surface area contributed by atoms with Gasteiger partial charge in [0.1, 0.15) is 5.82 Å². The van der Waals surface area contributed by atoms with E-state index >= 15 is 0 Å². The quantitative estimate of drug-likeness (QED) is 0.619. The Labute approximate surface area is 118 Å². The minimum atomic E-state index is -0.270. The van der Waals surface area contributed by atoms with Crippen LogP contribution in [-0.2, 0) is 16.1 Å². The molecule has 0 bridgehead atoms. The van der Waals surface area contributed by atoms with Crippen LogP contribution in [0.4, 0.5) is 0 Å². The summed E-state index contributed by atoms with van der Waals surface area (Å²) in [5.74, 6) is 0.621. The van der Waals surface area contributed by atoms with Crippen LogP contribution < -0.4 is 0 Å². The molecule has 0 saturated heterocycles. The molecule has 0 aliphatic carbocycles. The van der Waals surface area contributed by atoms with Crippen molar-refractivity contribution in [1.29, 1.82) is 0 Å². The SMILES string of the molecule is CCC(=CCn1ccnc1-c1ccccc1)C(=O)OC. The number of ether oxygens (including phenoxy) is 1. The van der Waals surface area contributed by atoms with Gasteiger partial charge in [0.2, 0.25) is 0 Å². The standard InChI is InChI=1S/C16H18N2O2/c1-3-13(16(19)20-2)9-11-18-12-10-17-15(18)14-7-5-4-6-8-14/h4-10,12H,3,11H2,1-2H3. The van der Waals surface area contributed by atoms with Crippen molar-refractivity contribution >= 4 is 5.97 Å². The highest BCUT2D eigenvalue weighted by Gasteiger charge is 2.08. The molecule has 2 rings (SSSR count). The first kappa shape index (κ1) is 14.1. The third kappa shape index (κ3) is 3.15.